The van der Waals surface area contributed by atoms with Crippen molar-refractivity contribution in [2.75, 3.05) is 5.75 Å². The molecule has 1 N–H and O–H groups in total. The molecule has 0 fully saturated rings. The van der Waals surface area contributed by atoms with Gasteiger partial charge in [0.2, 0.25) is 0 Å². The van der Waals surface area contributed by atoms with Crippen LogP contribution in [0.4, 0.5) is 0 Å². The van der Waals surface area contributed by atoms with Crippen LogP contribution in [0.1, 0.15) is 5.56 Å². The van der Waals surface area contributed by atoms with E-state index in [1.807, 2.05) is 30.3 Å². The van der Waals surface area contributed by atoms with Crippen LogP contribution < -0.4 is 0 Å². The number of carboxylic acids is 1. The van der Waals surface area contributed by atoms with E-state index >= 15 is 0 Å². The van der Waals surface area contributed by atoms with Crippen molar-refractivity contribution in [3.05, 3.63) is 35.9 Å². The van der Waals surface area contributed by atoms with E-state index in [1.165, 1.54) is 0 Å². The summed E-state index contributed by atoms with van der Waals surface area (Å²) in [5.41, 5.74) is 0.953. The Morgan fingerprint density at radius 2 is 1.94 bits per heavy atom. The summed E-state index contributed by atoms with van der Waals surface area (Å²) in [7, 11) is 0. The maximum absolute atomic E-state index is 11.0. The first kappa shape index (κ1) is 13.1. The van der Waals surface area contributed by atoms with Crippen molar-refractivity contribution in [1.29, 1.82) is 0 Å². The Kier molecular flexibility index (Phi) is 5.42. The van der Waals surface area contributed by atoms with Gasteiger partial charge in [-0.05, 0) is 12.0 Å². The summed E-state index contributed by atoms with van der Waals surface area (Å²) in [5.74, 6) is -0.782. The van der Waals surface area contributed by atoms with Gasteiger partial charge in [0.25, 0.3) is 0 Å². The van der Waals surface area contributed by atoms with Gasteiger partial charge in [0, 0.05) is 0 Å². The molecule has 1 rings (SSSR count). The monoisotopic (exact) mass is 256 g/mol. The Labute approximate surface area is 104 Å². The zero-order chi connectivity index (χ0) is 12.0. The number of carbonyl (C=O) groups excluding carboxylic acids is 1. The van der Waals surface area contributed by atoms with E-state index in [-0.39, 0.29) is 10.9 Å². The van der Waals surface area contributed by atoms with Crippen LogP contribution in [0.25, 0.3) is 0 Å². The van der Waals surface area contributed by atoms with Crippen LogP contribution in [0.15, 0.2) is 30.3 Å². The Morgan fingerprint density at radius 3 is 2.44 bits per heavy atom. The number of carbonyl (C=O) groups is 2. The van der Waals surface area contributed by atoms with Crippen molar-refractivity contribution >= 4 is 35.5 Å². The molecule has 0 aliphatic carbocycles. The van der Waals surface area contributed by atoms with E-state index < -0.39 is 11.2 Å². The number of thiol groups is 1. The Bertz CT molecular complexity index is 365. The van der Waals surface area contributed by atoms with Crippen LogP contribution >= 0.6 is 24.4 Å². The molecular weight excluding hydrogens is 244 g/mol. The summed E-state index contributed by atoms with van der Waals surface area (Å²) < 4.78 is 0. The van der Waals surface area contributed by atoms with Gasteiger partial charge in [0.05, 0.1) is 5.75 Å². The van der Waals surface area contributed by atoms with E-state index in [9.17, 15) is 9.59 Å². The quantitative estimate of drug-likeness (QED) is 0.763. The Morgan fingerprint density at radius 1 is 1.31 bits per heavy atom. The normalized spacial score (nSPS) is 12.1. The predicted molar refractivity (Wildman–Crippen MR) is 68.0 cm³/mol. The summed E-state index contributed by atoms with van der Waals surface area (Å²) in [5, 5.41) is 8.09. The molecule has 0 amide bonds. The lowest BCUT2D eigenvalue weighted by molar-refractivity contribution is -0.136. The first-order valence-electron chi connectivity index (χ1n) is 4.69. The molecule has 1 aromatic rings. The minimum absolute atomic E-state index is 0.118. The second-order valence-corrected chi connectivity index (χ2v) is 4.91. The highest BCUT2D eigenvalue weighted by Gasteiger charge is 2.19. The van der Waals surface area contributed by atoms with Gasteiger partial charge in [0.1, 0.15) is 5.25 Å². The van der Waals surface area contributed by atoms with Crippen molar-refractivity contribution in [1.82, 2.24) is 0 Å². The van der Waals surface area contributed by atoms with Crippen LogP contribution in [0.5, 0.6) is 0 Å². The van der Waals surface area contributed by atoms with E-state index in [0.717, 1.165) is 17.3 Å². The van der Waals surface area contributed by atoms with Crippen molar-refractivity contribution in [2.24, 2.45) is 0 Å². The fraction of sp³-hybridized carbons (Fsp3) is 0.273. The van der Waals surface area contributed by atoms with Crippen molar-refractivity contribution < 1.29 is 14.7 Å². The summed E-state index contributed by atoms with van der Waals surface area (Å²) in [6, 6.07) is 9.35. The van der Waals surface area contributed by atoms with Gasteiger partial charge >= 0.3 is 5.97 Å². The molecule has 0 saturated carbocycles. The van der Waals surface area contributed by atoms with Gasteiger partial charge in [0.15, 0.2) is 5.12 Å². The van der Waals surface area contributed by atoms with Gasteiger partial charge in [-0.3, -0.25) is 9.59 Å². The molecule has 16 heavy (non-hydrogen) atoms. The third kappa shape index (κ3) is 4.72. The smallest absolute Gasteiger partial charge is 0.316 e. The summed E-state index contributed by atoms with van der Waals surface area (Å²) in [6.45, 7) is 0. The second-order valence-electron chi connectivity index (χ2n) is 3.22. The lowest BCUT2D eigenvalue weighted by Crippen LogP contribution is -2.20. The zero-order valence-electron chi connectivity index (χ0n) is 8.50. The van der Waals surface area contributed by atoms with Crippen molar-refractivity contribution in [3.63, 3.8) is 0 Å². The molecule has 0 spiro atoms. The molecule has 86 valence electrons. The second kappa shape index (κ2) is 6.60. The maximum atomic E-state index is 11.0. The molecule has 3 nitrogen and oxygen atoms in total. The average Bonchev–Trinajstić information content (AvgIpc) is 2.25. The standard InChI is InChI=1S/C11H12O3S2/c12-10(15)7-16-9(11(13)14)6-8-4-2-1-3-5-8/h1-5,9H,6-7H2,(H,12,15)(H,13,14). The van der Waals surface area contributed by atoms with Crippen LogP contribution in [-0.4, -0.2) is 27.2 Å². The van der Waals surface area contributed by atoms with E-state index in [1.54, 1.807) is 0 Å². The Hall–Kier alpha value is -0.940. The van der Waals surface area contributed by atoms with E-state index in [4.69, 9.17) is 5.11 Å². The number of rotatable bonds is 6. The molecule has 0 radical (unpaired) electrons. The van der Waals surface area contributed by atoms with Gasteiger partial charge in [-0.2, -0.15) is 0 Å². The number of hydrogen-bond acceptors (Lipinski definition) is 3. The number of thioether (sulfide) groups is 1. The first-order valence-corrected chi connectivity index (χ1v) is 6.19. The fourth-order valence-electron chi connectivity index (χ4n) is 1.22. The van der Waals surface area contributed by atoms with Gasteiger partial charge in [-0.1, -0.05) is 30.3 Å². The minimum atomic E-state index is -0.900. The molecule has 0 aliphatic heterocycles. The summed E-state index contributed by atoms with van der Waals surface area (Å²) in [4.78, 5) is 21.6. The van der Waals surface area contributed by atoms with Gasteiger partial charge < -0.3 is 5.11 Å². The molecule has 1 aromatic carbocycles. The van der Waals surface area contributed by atoms with Crippen molar-refractivity contribution in [2.45, 2.75) is 11.7 Å². The average molecular weight is 256 g/mol. The number of benzene rings is 1. The summed E-state index contributed by atoms with van der Waals surface area (Å²) >= 11 is 4.72. The van der Waals surface area contributed by atoms with Crippen molar-refractivity contribution in [3.8, 4) is 0 Å². The lowest BCUT2D eigenvalue weighted by Gasteiger charge is -2.10. The van der Waals surface area contributed by atoms with Crippen LogP contribution in [0.2, 0.25) is 0 Å². The lowest BCUT2D eigenvalue weighted by atomic mass is 10.1. The number of aliphatic carboxylic acids is 1. The molecule has 1 atom stereocenters. The van der Waals surface area contributed by atoms with Gasteiger partial charge in [-0.25, -0.2) is 0 Å². The zero-order valence-corrected chi connectivity index (χ0v) is 10.2. The molecule has 0 aliphatic rings. The maximum Gasteiger partial charge on any atom is 0.316 e. The van der Waals surface area contributed by atoms with Gasteiger partial charge in [-0.15, -0.1) is 24.4 Å². The third-order valence-corrected chi connectivity index (χ3v) is 3.52. The molecule has 0 bridgehead atoms. The highest BCUT2D eigenvalue weighted by molar-refractivity contribution is 8.05. The van der Waals surface area contributed by atoms with Crippen LogP contribution in [0, 0.1) is 0 Å². The molecule has 0 aromatic heterocycles. The largest absolute Gasteiger partial charge is 0.480 e. The number of hydrogen-bond donors (Lipinski definition) is 2. The number of carboxylic acid groups (broad SMARTS) is 1. The molecule has 0 saturated heterocycles. The Balaban J connectivity index is 2.58. The fourth-order valence-corrected chi connectivity index (χ4v) is 2.24. The first-order chi connectivity index (χ1) is 7.59. The van der Waals surface area contributed by atoms with E-state index in [2.05, 4.69) is 12.6 Å². The topological polar surface area (TPSA) is 54.4 Å². The van der Waals surface area contributed by atoms with Crippen LogP contribution in [-0.2, 0) is 16.0 Å². The summed E-state index contributed by atoms with van der Waals surface area (Å²) in [6.07, 6.45) is 0.419. The minimum Gasteiger partial charge on any atom is -0.480 e. The molecule has 0 heterocycles. The predicted octanol–water partition coefficient (Wildman–Crippen LogP) is 1.87. The molecular formula is C11H12O3S2. The SMILES string of the molecule is O=C(S)CSC(Cc1ccccc1)C(=O)O. The molecule has 1 unspecified atom stereocenters. The highest BCUT2D eigenvalue weighted by Crippen LogP contribution is 2.17. The van der Waals surface area contributed by atoms with Crippen LogP contribution in [0.3, 0.4) is 0 Å². The molecule has 5 heteroatoms. The van der Waals surface area contributed by atoms with E-state index in [0.29, 0.717) is 6.42 Å². The highest BCUT2D eigenvalue weighted by atomic mass is 32.2. The third-order valence-electron chi connectivity index (χ3n) is 1.95.